The van der Waals surface area contributed by atoms with Crippen LogP contribution in [0.5, 0.6) is 0 Å². The van der Waals surface area contributed by atoms with Gasteiger partial charge in [-0.2, -0.15) is 4.98 Å². The van der Waals surface area contributed by atoms with Crippen LogP contribution in [0.25, 0.3) is 22.6 Å². The van der Waals surface area contributed by atoms with Gasteiger partial charge >= 0.3 is 5.69 Å². The highest BCUT2D eigenvalue weighted by Gasteiger charge is 2.18. The van der Waals surface area contributed by atoms with Gasteiger partial charge in [0.2, 0.25) is 0 Å². The van der Waals surface area contributed by atoms with E-state index >= 15 is 0 Å². The number of hydrogen-bond donors (Lipinski definition) is 2. The molecule has 3 rings (SSSR count). The lowest BCUT2D eigenvalue weighted by Crippen LogP contribution is -2.30. The van der Waals surface area contributed by atoms with Crippen molar-refractivity contribution in [2.75, 3.05) is 13.1 Å². The number of fused-ring (bicyclic) bond motifs is 2. The molecule has 0 radical (unpaired) electrons. The Morgan fingerprint density at radius 2 is 1.89 bits per heavy atom. The molecule has 27 heavy (non-hydrogen) atoms. The average Bonchev–Trinajstić information content (AvgIpc) is 2.59. The van der Waals surface area contributed by atoms with E-state index in [9.17, 15) is 14.4 Å². The number of benzene rings is 1. The van der Waals surface area contributed by atoms with Crippen molar-refractivity contribution in [3.63, 3.8) is 0 Å². The van der Waals surface area contributed by atoms with Crippen molar-refractivity contribution >= 4 is 16.8 Å². The number of aromatic nitrogens is 4. The predicted octanol–water partition coefficient (Wildman–Crippen LogP) is 1.16. The number of hydrogen-bond acceptors (Lipinski definition) is 6. The van der Waals surface area contributed by atoms with Crippen LogP contribution in [-0.2, 0) is 11.3 Å². The van der Waals surface area contributed by atoms with Crippen molar-refractivity contribution in [3.8, 4) is 11.5 Å². The first-order valence-electron chi connectivity index (χ1n) is 8.99. The van der Waals surface area contributed by atoms with Gasteiger partial charge in [-0.3, -0.25) is 9.78 Å². The summed E-state index contributed by atoms with van der Waals surface area (Å²) in [7, 11) is 0. The normalized spacial score (nSPS) is 11.4. The van der Waals surface area contributed by atoms with Crippen LogP contribution in [0, 0.1) is 13.8 Å². The van der Waals surface area contributed by atoms with Gasteiger partial charge in [-0.1, -0.05) is 0 Å². The van der Waals surface area contributed by atoms with Crippen LogP contribution >= 0.6 is 0 Å². The molecule has 2 heterocycles. The zero-order valence-corrected chi connectivity index (χ0v) is 15.8. The maximum Gasteiger partial charge on any atom is 0.349 e. The minimum atomic E-state index is -0.680. The van der Waals surface area contributed by atoms with E-state index in [1.165, 1.54) is 0 Å². The van der Waals surface area contributed by atoms with Crippen LogP contribution in [0.2, 0.25) is 0 Å². The maximum absolute atomic E-state index is 12.2. The van der Waals surface area contributed by atoms with Gasteiger partial charge in [0, 0.05) is 19.5 Å². The number of nitrogens with one attached hydrogen (secondary N) is 2. The Labute approximate surface area is 156 Å². The summed E-state index contributed by atoms with van der Waals surface area (Å²) in [6, 6.07) is 3.94. The summed E-state index contributed by atoms with van der Waals surface area (Å²) in [4.78, 5) is 45.6. The van der Waals surface area contributed by atoms with Crippen LogP contribution in [0.4, 0.5) is 0 Å². The molecular formula is C19H23N5O3. The van der Waals surface area contributed by atoms with Crippen LogP contribution in [0.15, 0.2) is 21.7 Å². The first kappa shape index (κ1) is 18.9. The van der Waals surface area contributed by atoms with Gasteiger partial charge in [0.05, 0.1) is 11.0 Å². The molecule has 1 aromatic rings. The number of ketones is 1. The van der Waals surface area contributed by atoms with E-state index in [0.29, 0.717) is 25.0 Å². The molecule has 0 saturated heterocycles. The second kappa shape index (κ2) is 7.79. The summed E-state index contributed by atoms with van der Waals surface area (Å²) in [6.45, 7) is 7.44. The van der Waals surface area contributed by atoms with Gasteiger partial charge in [-0.15, -0.1) is 0 Å². The SMILES string of the molecule is CC(=O)CCCNCCn1c2nc(=O)[nH]c(=O)c-2nc2cc(C)c(C)cc21. The molecule has 0 spiro atoms. The van der Waals surface area contributed by atoms with Gasteiger partial charge < -0.3 is 14.7 Å². The monoisotopic (exact) mass is 369 g/mol. The fraction of sp³-hybridized carbons (Fsp3) is 0.421. The number of carbonyl (C=O) groups is 1. The molecule has 0 aromatic heterocycles. The Morgan fingerprint density at radius 3 is 2.63 bits per heavy atom. The van der Waals surface area contributed by atoms with Crippen molar-refractivity contribution < 1.29 is 4.79 Å². The van der Waals surface area contributed by atoms with Gasteiger partial charge in [0.15, 0.2) is 11.5 Å². The minimum Gasteiger partial charge on any atom is -0.321 e. The third kappa shape index (κ3) is 4.11. The van der Waals surface area contributed by atoms with Gasteiger partial charge in [0.1, 0.15) is 5.78 Å². The Morgan fingerprint density at radius 1 is 1.15 bits per heavy atom. The van der Waals surface area contributed by atoms with E-state index in [2.05, 4.69) is 20.3 Å². The molecule has 8 nitrogen and oxygen atoms in total. The maximum atomic E-state index is 12.2. The molecule has 0 aliphatic carbocycles. The number of nitrogens with zero attached hydrogens (tertiary/aromatic N) is 3. The molecule has 0 saturated carbocycles. The molecule has 2 aliphatic heterocycles. The van der Waals surface area contributed by atoms with Crippen molar-refractivity contribution in [3.05, 3.63) is 44.1 Å². The van der Waals surface area contributed by atoms with Gasteiger partial charge in [0.25, 0.3) is 5.56 Å². The van der Waals surface area contributed by atoms with E-state index in [1.54, 1.807) is 6.92 Å². The molecule has 142 valence electrons. The lowest BCUT2D eigenvalue weighted by molar-refractivity contribution is -0.117. The molecule has 2 N–H and O–H groups in total. The predicted molar refractivity (Wildman–Crippen MR) is 103 cm³/mol. The largest absolute Gasteiger partial charge is 0.349 e. The fourth-order valence-electron chi connectivity index (χ4n) is 3.05. The lowest BCUT2D eigenvalue weighted by Gasteiger charge is -2.18. The van der Waals surface area contributed by atoms with Gasteiger partial charge in [-0.25, -0.2) is 9.78 Å². The lowest BCUT2D eigenvalue weighted by atomic mass is 10.1. The highest BCUT2D eigenvalue weighted by molar-refractivity contribution is 5.81. The molecule has 2 aliphatic rings. The third-order valence-electron chi connectivity index (χ3n) is 4.62. The van der Waals surface area contributed by atoms with Crippen molar-refractivity contribution in [1.82, 2.24) is 24.8 Å². The molecule has 0 unspecified atom stereocenters. The Balaban J connectivity index is 1.99. The van der Waals surface area contributed by atoms with Crippen LogP contribution in [-0.4, -0.2) is 38.4 Å². The molecule has 0 atom stereocenters. The average molecular weight is 369 g/mol. The van der Waals surface area contributed by atoms with Crippen LogP contribution < -0.4 is 16.6 Å². The summed E-state index contributed by atoms with van der Waals surface area (Å²) < 4.78 is 1.86. The Hall–Kier alpha value is -2.87. The standard InChI is InChI=1S/C19H23N5O3/c1-11-9-14-15(10-12(11)2)24(8-7-20-6-4-5-13(3)25)17-16(21-14)18(26)23-19(27)22-17/h9-10,20H,4-8H2,1-3H3,(H,23,26,27). The number of aromatic amines is 1. The number of H-pyrrole nitrogens is 1. The third-order valence-corrected chi connectivity index (χ3v) is 4.62. The quantitative estimate of drug-likeness (QED) is 0.478. The number of carbonyl (C=O) groups excluding carboxylic acids is 1. The molecular weight excluding hydrogens is 346 g/mol. The number of rotatable bonds is 7. The van der Waals surface area contributed by atoms with Crippen LogP contribution in [0.1, 0.15) is 30.9 Å². The zero-order valence-electron chi connectivity index (χ0n) is 15.8. The van der Waals surface area contributed by atoms with Crippen molar-refractivity contribution in [1.29, 1.82) is 0 Å². The van der Waals surface area contributed by atoms with Crippen molar-refractivity contribution in [2.45, 2.75) is 40.2 Å². The van der Waals surface area contributed by atoms with Crippen LogP contribution in [0.3, 0.4) is 0 Å². The Bertz CT molecular complexity index is 1080. The summed E-state index contributed by atoms with van der Waals surface area (Å²) in [5.74, 6) is 0.458. The highest BCUT2D eigenvalue weighted by atomic mass is 16.2. The molecule has 8 heteroatoms. The minimum absolute atomic E-state index is 0.155. The highest BCUT2D eigenvalue weighted by Crippen LogP contribution is 2.23. The van der Waals surface area contributed by atoms with E-state index in [1.807, 2.05) is 30.5 Å². The second-order valence-electron chi connectivity index (χ2n) is 6.79. The smallest absolute Gasteiger partial charge is 0.321 e. The van der Waals surface area contributed by atoms with E-state index in [0.717, 1.165) is 29.6 Å². The summed E-state index contributed by atoms with van der Waals surface area (Å²) in [5.41, 5.74) is 2.63. The number of aryl methyl sites for hydroxylation is 2. The summed E-state index contributed by atoms with van der Waals surface area (Å²) in [6.07, 6.45) is 1.33. The molecule has 0 fully saturated rings. The van der Waals surface area contributed by atoms with E-state index < -0.39 is 11.2 Å². The Kier molecular flexibility index (Phi) is 5.46. The molecule has 1 aromatic carbocycles. The topological polar surface area (TPSA) is 110 Å². The first-order valence-corrected chi connectivity index (χ1v) is 8.99. The number of Topliss-reactive ketones (excluding diaryl/α,β-unsaturated/α-hetero) is 1. The van der Waals surface area contributed by atoms with E-state index in [-0.39, 0.29) is 17.3 Å². The summed E-state index contributed by atoms with van der Waals surface area (Å²) >= 11 is 0. The summed E-state index contributed by atoms with van der Waals surface area (Å²) in [5, 5.41) is 3.29. The van der Waals surface area contributed by atoms with E-state index in [4.69, 9.17) is 0 Å². The fourth-order valence-corrected chi connectivity index (χ4v) is 3.05. The van der Waals surface area contributed by atoms with Gasteiger partial charge in [-0.05, 0) is 57.0 Å². The zero-order chi connectivity index (χ0) is 19.6. The van der Waals surface area contributed by atoms with Crippen molar-refractivity contribution in [2.24, 2.45) is 0 Å². The first-order chi connectivity index (χ1) is 12.9. The second-order valence-corrected chi connectivity index (χ2v) is 6.79. The molecule has 0 bridgehead atoms. The molecule has 0 amide bonds.